The summed E-state index contributed by atoms with van der Waals surface area (Å²) < 4.78 is 39.3. The fourth-order valence-electron chi connectivity index (χ4n) is 1.67. The number of aromatic nitrogens is 4. The van der Waals surface area contributed by atoms with Crippen LogP contribution in [-0.2, 0) is 6.18 Å². The average Bonchev–Trinajstić information content (AvgIpc) is 2.89. The molecule has 0 bridgehead atoms. The molecule has 0 saturated carbocycles. The first-order chi connectivity index (χ1) is 9.93. The van der Waals surface area contributed by atoms with Gasteiger partial charge in [-0.2, -0.15) is 13.2 Å². The number of nitrogens with zero attached hydrogens (tertiary/aromatic N) is 3. The molecule has 1 aromatic carbocycles. The Kier molecular flexibility index (Phi) is 3.50. The molecule has 0 amide bonds. The molecule has 0 unspecified atom stereocenters. The van der Waals surface area contributed by atoms with Crippen molar-refractivity contribution in [3.63, 3.8) is 0 Å². The summed E-state index contributed by atoms with van der Waals surface area (Å²) in [4.78, 5) is 14.3. The second-order valence-corrected chi connectivity index (χ2v) is 5.42. The zero-order valence-corrected chi connectivity index (χ0v) is 11.7. The molecule has 2 aromatic heterocycles. The molecule has 2 heterocycles. The van der Waals surface area contributed by atoms with Gasteiger partial charge in [-0.05, 0) is 30.0 Å². The molecule has 0 atom stereocenters. The third-order valence-corrected chi connectivity index (χ3v) is 3.66. The lowest BCUT2D eigenvalue weighted by molar-refractivity contribution is -0.143. The van der Waals surface area contributed by atoms with Gasteiger partial charge in [-0.3, -0.25) is 0 Å². The van der Waals surface area contributed by atoms with Gasteiger partial charge in [-0.25, -0.2) is 15.0 Å². The van der Waals surface area contributed by atoms with Crippen molar-refractivity contribution in [2.45, 2.75) is 16.4 Å². The van der Waals surface area contributed by atoms with E-state index in [-0.39, 0.29) is 10.5 Å². The van der Waals surface area contributed by atoms with Crippen LogP contribution in [0.4, 0.5) is 13.2 Å². The first kappa shape index (κ1) is 14.2. The zero-order chi connectivity index (χ0) is 15.0. The molecule has 108 valence electrons. The SMILES string of the molecule is FC(F)(F)c1nc2ccc(Cl)cc2nc1Sc1ncc[nH]1. The van der Waals surface area contributed by atoms with Gasteiger partial charge >= 0.3 is 6.18 Å². The Bertz CT molecular complexity index is 789. The van der Waals surface area contributed by atoms with E-state index >= 15 is 0 Å². The van der Waals surface area contributed by atoms with Crippen LogP contribution >= 0.6 is 23.4 Å². The lowest BCUT2D eigenvalue weighted by atomic mass is 10.3. The minimum Gasteiger partial charge on any atom is -0.339 e. The average molecular weight is 331 g/mol. The van der Waals surface area contributed by atoms with Crippen LogP contribution in [0.25, 0.3) is 11.0 Å². The van der Waals surface area contributed by atoms with Crippen LogP contribution in [0, 0.1) is 0 Å². The lowest BCUT2D eigenvalue weighted by Crippen LogP contribution is -2.11. The van der Waals surface area contributed by atoms with E-state index < -0.39 is 11.9 Å². The van der Waals surface area contributed by atoms with Crippen molar-refractivity contribution >= 4 is 34.4 Å². The highest BCUT2D eigenvalue weighted by Crippen LogP contribution is 2.37. The van der Waals surface area contributed by atoms with Crippen molar-refractivity contribution in [2.75, 3.05) is 0 Å². The molecule has 0 saturated heterocycles. The van der Waals surface area contributed by atoms with E-state index in [0.717, 1.165) is 11.8 Å². The van der Waals surface area contributed by atoms with Crippen molar-refractivity contribution in [3.05, 3.63) is 41.3 Å². The third kappa shape index (κ3) is 2.96. The number of hydrogen-bond acceptors (Lipinski definition) is 4. The molecular weight excluding hydrogens is 325 g/mol. The Hall–Kier alpha value is -1.80. The van der Waals surface area contributed by atoms with Gasteiger partial charge in [-0.1, -0.05) is 11.6 Å². The van der Waals surface area contributed by atoms with Gasteiger partial charge in [0.05, 0.1) is 11.0 Å². The topological polar surface area (TPSA) is 54.5 Å². The molecule has 3 aromatic rings. The molecule has 21 heavy (non-hydrogen) atoms. The van der Waals surface area contributed by atoms with Gasteiger partial charge in [0.1, 0.15) is 5.03 Å². The number of rotatable bonds is 2. The van der Waals surface area contributed by atoms with Crippen LogP contribution < -0.4 is 0 Å². The van der Waals surface area contributed by atoms with Gasteiger partial charge < -0.3 is 4.98 Å². The fraction of sp³-hybridized carbons (Fsp3) is 0.0833. The van der Waals surface area contributed by atoms with Crippen LogP contribution in [0.3, 0.4) is 0 Å². The van der Waals surface area contributed by atoms with E-state index in [1.165, 1.54) is 30.6 Å². The second-order valence-electron chi connectivity index (χ2n) is 4.00. The number of hydrogen-bond donors (Lipinski definition) is 1. The van der Waals surface area contributed by atoms with Gasteiger partial charge in [-0.15, -0.1) is 0 Å². The number of benzene rings is 1. The van der Waals surface area contributed by atoms with Gasteiger partial charge in [0.15, 0.2) is 10.9 Å². The monoisotopic (exact) mass is 330 g/mol. The molecule has 1 N–H and O–H groups in total. The van der Waals surface area contributed by atoms with Crippen molar-refractivity contribution in [1.82, 2.24) is 19.9 Å². The van der Waals surface area contributed by atoms with Crippen LogP contribution in [0.2, 0.25) is 5.02 Å². The minimum atomic E-state index is -4.60. The predicted octanol–water partition coefficient (Wildman–Crippen LogP) is 4.18. The second kappa shape index (κ2) is 5.19. The highest BCUT2D eigenvalue weighted by molar-refractivity contribution is 7.99. The Balaban J connectivity index is 2.18. The summed E-state index contributed by atoms with van der Waals surface area (Å²) >= 11 is 6.59. The first-order valence-electron chi connectivity index (χ1n) is 5.65. The standard InChI is InChI=1S/C12H6ClF3N4S/c13-6-1-2-7-8(5-6)20-10(9(19-7)12(14,15)16)21-11-17-3-4-18-11/h1-5H,(H,17,18). The molecule has 0 fully saturated rings. The minimum absolute atomic E-state index is 0.135. The summed E-state index contributed by atoms with van der Waals surface area (Å²) in [6.45, 7) is 0. The quantitative estimate of drug-likeness (QED) is 0.766. The molecule has 4 nitrogen and oxygen atoms in total. The summed E-state index contributed by atoms with van der Waals surface area (Å²) in [5.41, 5.74) is -0.612. The maximum absolute atomic E-state index is 13.1. The summed E-state index contributed by atoms with van der Waals surface area (Å²) in [5.74, 6) is 0. The normalized spacial score (nSPS) is 12.0. The smallest absolute Gasteiger partial charge is 0.339 e. The van der Waals surface area contributed by atoms with Crippen molar-refractivity contribution in [3.8, 4) is 0 Å². The van der Waals surface area contributed by atoms with E-state index in [4.69, 9.17) is 11.6 Å². The molecule has 0 aliphatic carbocycles. The van der Waals surface area contributed by atoms with E-state index in [9.17, 15) is 13.2 Å². The maximum Gasteiger partial charge on any atom is 0.436 e. The van der Waals surface area contributed by atoms with Gasteiger partial charge in [0.2, 0.25) is 0 Å². The van der Waals surface area contributed by atoms with E-state index in [1.807, 2.05) is 0 Å². The lowest BCUT2D eigenvalue weighted by Gasteiger charge is -2.11. The van der Waals surface area contributed by atoms with Gasteiger partial charge in [0, 0.05) is 17.4 Å². The number of nitrogens with one attached hydrogen (secondary N) is 1. The highest BCUT2D eigenvalue weighted by atomic mass is 35.5. The maximum atomic E-state index is 13.1. The van der Waals surface area contributed by atoms with Crippen LogP contribution in [0.15, 0.2) is 40.8 Å². The van der Waals surface area contributed by atoms with Crippen molar-refractivity contribution in [1.29, 1.82) is 0 Å². The fourth-order valence-corrected chi connectivity index (χ4v) is 2.66. The summed E-state index contributed by atoms with van der Waals surface area (Å²) in [6.07, 6.45) is -1.64. The van der Waals surface area contributed by atoms with E-state index in [0.29, 0.717) is 15.7 Å². The molecule has 9 heteroatoms. The molecule has 0 spiro atoms. The molecule has 3 rings (SSSR count). The van der Waals surface area contributed by atoms with Crippen molar-refractivity contribution < 1.29 is 13.2 Å². The summed E-state index contributed by atoms with van der Waals surface area (Å²) in [7, 11) is 0. The van der Waals surface area contributed by atoms with Crippen molar-refractivity contribution in [2.24, 2.45) is 0 Å². The van der Waals surface area contributed by atoms with E-state index in [1.54, 1.807) is 0 Å². The molecular formula is C12H6ClF3N4S. The number of aromatic amines is 1. The zero-order valence-electron chi connectivity index (χ0n) is 10.1. The summed E-state index contributed by atoms with van der Waals surface area (Å²) in [5, 5.41) is 0.411. The van der Waals surface area contributed by atoms with Crippen LogP contribution in [-0.4, -0.2) is 19.9 Å². The molecule has 0 aliphatic rings. The number of alkyl halides is 3. The number of imidazole rings is 1. The number of fused-ring (bicyclic) bond motifs is 1. The molecule has 0 aliphatic heterocycles. The first-order valence-corrected chi connectivity index (χ1v) is 6.84. The summed E-state index contributed by atoms with van der Waals surface area (Å²) in [6, 6.07) is 4.34. The Labute approximate surface area is 125 Å². The Morgan fingerprint density at radius 3 is 2.62 bits per heavy atom. The number of halogens is 4. The Morgan fingerprint density at radius 2 is 1.95 bits per heavy atom. The highest BCUT2D eigenvalue weighted by Gasteiger charge is 2.37. The van der Waals surface area contributed by atoms with Crippen LogP contribution in [0.1, 0.15) is 5.69 Å². The largest absolute Gasteiger partial charge is 0.436 e. The third-order valence-electron chi connectivity index (χ3n) is 2.53. The predicted molar refractivity (Wildman–Crippen MR) is 72.3 cm³/mol. The number of H-pyrrole nitrogens is 1. The Morgan fingerprint density at radius 1 is 1.14 bits per heavy atom. The van der Waals surface area contributed by atoms with Gasteiger partial charge in [0.25, 0.3) is 0 Å². The molecule has 0 radical (unpaired) electrons. The van der Waals surface area contributed by atoms with E-state index in [2.05, 4.69) is 19.9 Å². The van der Waals surface area contributed by atoms with Crippen LogP contribution in [0.5, 0.6) is 0 Å².